The summed E-state index contributed by atoms with van der Waals surface area (Å²) in [4.78, 5) is 12.3. The van der Waals surface area contributed by atoms with E-state index in [2.05, 4.69) is 15.0 Å². The Kier molecular flexibility index (Phi) is 2.77. The molecule has 2 rings (SSSR count). The standard InChI is InChI=1S/C9H7FN4S/c10-6-3-13-9(14-4-6)15-8-1-2-12-5-7(8)11/h1-5H,11H2. The summed E-state index contributed by atoms with van der Waals surface area (Å²) >= 11 is 1.27. The van der Waals surface area contributed by atoms with Crippen molar-refractivity contribution in [1.29, 1.82) is 0 Å². The van der Waals surface area contributed by atoms with Crippen LogP contribution in [0.15, 0.2) is 40.9 Å². The Bertz CT molecular complexity index is 460. The number of nitrogens with two attached hydrogens (primary N) is 1. The van der Waals surface area contributed by atoms with Crippen molar-refractivity contribution in [3.05, 3.63) is 36.7 Å². The highest BCUT2D eigenvalue weighted by molar-refractivity contribution is 7.99. The molecule has 0 aromatic carbocycles. The van der Waals surface area contributed by atoms with Gasteiger partial charge >= 0.3 is 0 Å². The molecule has 0 fully saturated rings. The maximum atomic E-state index is 12.5. The van der Waals surface area contributed by atoms with Gasteiger partial charge in [0.1, 0.15) is 0 Å². The fourth-order valence-corrected chi connectivity index (χ4v) is 1.65. The van der Waals surface area contributed by atoms with Crippen LogP contribution in [0.1, 0.15) is 0 Å². The molecule has 0 aliphatic carbocycles. The first-order valence-corrected chi connectivity index (χ1v) is 4.92. The number of hydrogen-bond donors (Lipinski definition) is 1. The highest BCUT2D eigenvalue weighted by Gasteiger charge is 2.03. The van der Waals surface area contributed by atoms with Crippen LogP contribution < -0.4 is 5.73 Å². The molecule has 0 atom stereocenters. The summed E-state index contributed by atoms with van der Waals surface area (Å²) < 4.78 is 12.5. The predicted octanol–water partition coefficient (Wildman–Crippen LogP) is 1.74. The molecule has 2 aromatic heterocycles. The molecular weight excluding hydrogens is 215 g/mol. The van der Waals surface area contributed by atoms with Gasteiger partial charge in [-0.25, -0.2) is 14.4 Å². The lowest BCUT2D eigenvalue weighted by Crippen LogP contribution is -1.91. The maximum absolute atomic E-state index is 12.5. The lowest BCUT2D eigenvalue weighted by molar-refractivity contribution is 0.605. The second-order valence-electron chi connectivity index (χ2n) is 2.70. The van der Waals surface area contributed by atoms with E-state index in [1.165, 1.54) is 11.8 Å². The highest BCUT2D eigenvalue weighted by Crippen LogP contribution is 2.28. The van der Waals surface area contributed by atoms with Crippen LogP contribution in [0.25, 0.3) is 0 Å². The van der Waals surface area contributed by atoms with Gasteiger partial charge in [0.2, 0.25) is 0 Å². The quantitative estimate of drug-likeness (QED) is 0.784. The molecule has 4 nitrogen and oxygen atoms in total. The molecule has 0 saturated carbocycles. The van der Waals surface area contributed by atoms with E-state index >= 15 is 0 Å². The van der Waals surface area contributed by atoms with Crippen LogP contribution in [0, 0.1) is 5.82 Å². The first-order chi connectivity index (χ1) is 7.25. The first kappa shape index (κ1) is 9.85. The van der Waals surface area contributed by atoms with Crippen molar-refractivity contribution in [2.75, 3.05) is 5.73 Å². The van der Waals surface area contributed by atoms with E-state index in [1.54, 1.807) is 18.5 Å². The van der Waals surface area contributed by atoms with Crippen LogP contribution >= 0.6 is 11.8 Å². The number of anilines is 1. The first-order valence-electron chi connectivity index (χ1n) is 4.10. The van der Waals surface area contributed by atoms with Gasteiger partial charge in [-0.05, 0) is 17.8 Å². The molecule has 0 amide bonds. The van der Waals surface area contributed by atoms with E-state index in [0.29, 0.717) is 10.8 Å². The second kappa shape index (κ2) is 4.22. The minimum Gasteiger partial charge on any atom is -0.397 e. The summed E-state index contributed by atoms with van der Waals surface area (Å²) in [6.45, 7) is 0. The fourth-order valence-electron chi connectivity index (χ4n) is 0.938. The van der Waals surface area contributed by atoms with E-state index in [4.69, 9.17) is 5.73 Å². The molecule has 0 radical (unpaired) electrons. The third-order valence-corrected chi connectivity index (χ3v) is 2.59. The number of nitrogens with zero attached hydrogens (tertiary/aromatic N) is 3. The number of halogens is 1. The van der Waals surface area contributed by atoms with E-state index in [9.17, 15) is 4.39 Å². The molecule has 0 aliphatic heterocycles. The van der Waals surface area contributed by atoms with Crippen molar-refractivity contribution >= 4 is 17.4 Å². The molecule has 2 N–H and O–H groups in total. The van der Waals surface area contributed by atoms with Gasteiger partial charge in [0.05, 0.1) is 24.3 Å². The summed E-state index contributed by atoms with van der Waals surface area (Å²) in [5.41, 5.74) is 6.24. The zero-order chi connectivity index (χ0) is 10.7. The van der Waals surface area contributed by atoms with Crippen molar-refractivity contribution in [3.63, 3.8) is 0 Å². The largest absolute Gasteiger partial charge is 0.397 e. The lowest BCUT2D eigenvalue weighted by atomic mass is 10.4. The van der Waals surface area contributed by atoms with Gasteiger partial charge in [0.15, 0.2) is 11.0 Å². The molecule has 0 saturated heterocycles. The van der Waals surface area contributed by atoms with Crippen LogP contribution in [0.4, 0.5) is 10.1 Å². The van der Waals surface area contributed by atoms with Crippen molar-refractivity contribution in [2.45, 2.75) is 10.1 Å². The predicted molar refractivity (Wildman–Crippen MR) is 54.8 cm³/mol. The lowest BCUT2D eigenvalue weighted by Gasteiger charge is -2.01. The minimum absolute atomic E-state index is 0.453. The molecule has 2 heterocycles. The molecule has 6 heteroatoms. The number of pyridine rings is 1. The molecular formula is C9H7FN4S. The topological polar surface area (TPSA) is 64.7 Å². The van der Waals surface area contributed by atoms with Gasteiger partial charge in [-0.2, -0.15) is 0 Å². The Morgan fingerprint density at radius 1 is 1.20 bits per heavy atom. The van der Waals surface area contributed by atoms with Crippen molar-refractivity contribution in [3.8, 4) is 0 Å². The van der Waals surface area contributed by atoms with Crippen LogP contribution in [0.5, 0.6) is 0 Å². The number of rotatable bonds is 2. The smallest absolute Gasteiger partial charge is 0.192 e. The van der Waals surface area contributed by atoms with Crippen LogP contribution in [0.2, 0.25) is 0 Å². The van der Waals surface area contributed by atoms with Gasteiger partial charge in [-0.15, -0.1) is 0 Å². The zero-order valence-corrected chi connectivity index (χ0v) is 8.41. The Hall–Kier alpha value is -1.69. The van der Waals surface area contributed by atoms with Crippen molar-refractivity contribution < 1.29 is 4.39 Å². The minimum atomic E-state index is -0.456. The average molecular weight is 222 g/mol. The monoisotopic (exact) mass is 222 g/mol. The number of aromatic nitrogens is 3. The number of hydrogen-bond acceptors (Lipinski definition) is 5. The van der Waals surface area contributed by atoms with Gasteiger partial charge < -0.3 is 5.73 Å². The Labute approximate surface area is 89.8 Å². The van der Waals surface area contributed by atoms with Gasteiger partial charge in [-0.3, -0.25) is 4.98 Å². The van der Waals surface area contributed by atoms with E-state index in [-0.39, 0.29) is 0 Å². The molecule has 0 bridgehead atoms. The van der Waals surface area contributed by atoms with E-state index in [0.717, 1.165) is 17.3 Å². The third-order valence-electron chi connectivity index (χ3n) is 1.61. The van der Waals surface area contributed by atoms with Crippen LogP contribution in [-0.4, -0.2) is 15.0 Å². The Balaban J connectivity index is 2.22. The van der Waals surface area contributed by atoms with Gasteiger partial charge in [0, 0.05) is 11.1 Å². The second-order valence-corrected chi connectivity index (χ2v) is 3.71. The fraction of sp³-hybridized carbons (Fsp3) is 0. The molecule has 0 aliphatic rings. The van der Waals surface area contributed by atoms with Crippen molar-refractivity contribution in [1.82, 2.24) is 15.0 Å². The van der Waals surface area contributed by atoms with Crippen LogP contribution in [-0.2, 0) is 0 Å². The maximum Gasteiger partial charge on any atom is 0.192 e. The molecule has 0 spiro atoms. The zero-order valence-electron chi connectivity index (χ0n) is 7.59. The molecule has 0 unspecified atom stereocenters. The molecule has 76 valence electrons. The SMILES string of the molecule is Nc1cnccc1Sc1ncc(F)cn1. The third kappa shape index (κ3) is 2.41. The molecule has 15 heavy (non-hydrogen) atoms. The summed E-state index contributed by atoms with van der Waals surface area (Å²) in [6.07, 6.45) is 5.41. The Morgan fingerprint density at radius 2 is 1.93 bits per heavy atom. The molecule has 2 aromatic rings. The van der Waals surface area contributed by atoms with E-state index < -0.39 is 5.82 Å². The summed E-state index contributed by atoms with van der Waals surface area (Å²) in [7, 11) is 0. The average Bonchev–Trinajstić information content (AvgIpc) is 2.25. The van der Waals surface area contributed by atoms with Crippen LogP contribution in [0.3, 0.4) is 0 Å². The summed E-state index contributed by atoms with van der Waals surface area (Å²) in [6, 6.07) is 1.76. The van der Waals surface area contributed by atoms with Crippen molar-refractivity contribution in [2.24, 2.45) is 0 Å². The summed E-state index contributed by atoms with van der Waals surface area (Å²) in [5, 5.41) is 0.453. The normalized spacial score (nSPS) is 10.2. The summed E-state index contributed by atoms with van der Waals surface area (Å²) in [5.74, 6) is -0.456. The highest BCUT2D eigenvalue weighted by atomic mass is 32.2. The van der Waals surface area contributed by atoms with E-state index in [1.807, 2.05) is 0 Å². The Morgan fingerprint density at radius 3 is 2.60 bits per heavy atom. The number of nitrogen functional groups attached to an aromatic ring is 1. The van der Waals surface area contributed by atoms with Gasteiger partial charge in [0.25, 0.3) is 0 Å². The van der Waals surface area contributed by atoms with Gasteiger partial charge in [-0.1, -0.05) is 0 Å².